The Morgan fingerprint density at radius 1 is 1.43 bits per heavy atom. The van der Waals surface area contributed by atoms with E-state index in [1.165, 1.54) is 0 Å². The van der Waals surface area contributed by atoms with Gasteiger partial charge in [0.05, 0.1) is 5.41 Å². The summed E-state index contributed by atoms with van der Waals surface area (Å²) in [7, 11) is 0. The summed E-state index contributed by atoms with van der Waals surface area (Å²) in [5.74, 6) is 0.200. The Labute approximate surface area is 122 Å². The highest BCUT2D eigenvalue weighted by Gasteiger charge is 2.43. The number of aromatic nitrogens is 1. The van der Waals surface area contributed by atoms with E-state index in [0.717, 1.165) is 16.6 Å². The fourth-order valence-electron chi connectivity index (χ4n) is 3.06. The summed E-state index contributed by atoms with van der Waals surface area (Å²) >= 11 is 0. The maximum absolute atomic E-state index is 11.6. The number of phenols is 1. The Bertz CT molecular complexity index is 701. The van der Waals surface area contributed by atoms with Crippen molar-refractivity contribution in [2.45, 2.75) is 19.8 Å². The number of aromatic hydroxyl groups is 1. The smallest absolute Gasteiger partial charge is 0.311 e. The first kappa shape index (κ1) is 13.7. The van der Waals surface area contributed by atoms with Gasteiger partial charge in [-0.25, -0.2) is 4.98 Å². The van der Waals surface area contributed by atoms with Crippen LogP contribution >= 0.6 is 0 Å². The Balaban J connectivity index is 2.02. The highest BCUT2D eigenvalue weighted by atomic mass is 16.4. The zero-order valence-electron chi connectivity index (χ0n) is 11.9. The number of pyridine rings is 1. The third-order valence-electron chi connectivity index (χ3n) is 4.51. The van der Waals surface area contributed by atoms with Crippen LogP contribution in [0.1, 0.15) is 19.8 Å². The van der Waals surface area contributed by atoms with E-state index in [1.807, 2.05) is 24.0 Å². The quantitative estimate of drug-likeness (QED) is 0.907. The summed E-state index contributed by atoms with van der Waals surface area (Å²) < 4.78 is 0. The molecule has 2 N–H and O–H groups in total. The number of phenolic OH excluding ortho intramolecular Hbond substituents is 1. The first-order chi connectivity index (χ1) is 10.1. The Morgan fingerprint density at radius 3 is 2.90 bits per heavy atom. The highest BCUT2D eigenvalue weighted by Crippen LogP contribution is 2.38. The Hall–Kier alpha value is -2.30. The van der Waals surface area contributed by atoms with Gasteiger partial charge < -0.3 is 15.1 Å². The molecule has 1 unspecified atom stereocenters. The van der Waals surface area contributed by atoms with Crippen LogP contribution in [-0.2, 0) is 4.79 Å². The van der Waals surface area contributed by atoms with Crippen LogP contribution in [0.5, 0.6) is 5.75 Å². The number of anilines is 1. The van der Waals surface area contributed by atoms with Crippen LogP contribution in [0.15, 0.2) is 30.5 Å². The van der Waals surface area contributed by atoms with Crippen molar-refractivity contribution in [2.75, 3.05) is 18.0 Å². The number of hydrogen-bond acceptors (Lipinski definition) is 4. The summed E-state index contributed by atoms with van der Waals surface area (Å²) in [5, 5.41) is 21.0. The molecule has 1 saturated heterocycles. The number of aliphatic carboxylic acids is 1. The molecule has 110 valence electrons. The van der Waals surface area contributed by atoms with Crippen molar-refractivity contribution in [1.29, 1.82) is 0 Å². The van der Waals surface area contributed by atoms with Crippen molar-refractivity contribution in [1.82, 2.24) is 4.98 Å². The Morgan fingerprint density at radius 2 is 2.24 bits per heavy atom. The van der Waals surface area contributed by atoms with Gasteiger partial charge in [-0.2, -0.15) is 0 Å². The minimum absolute atomic E-state index is 0.191. The zero-order valence-corrected chi connectivity index (χ0v) is 11.9. The normalized spacial score (nSPS) is 21.9. The topological polar surface area (TPSA) is 73.7 Å². The lowest BCUT2D eigenvalue weighted by atomic mass is 9.84. The second-order valence-electron chi connectivity index (χ2n) is 5.65. The molecular formula is C16H18N2O3. The molecule has 2 aromatic rings. The van der Waals surface area contributed by atoms with Crippen molar-refractivity contribution in [3.05, 3.63) is 30.5 Å². The van der Waals surface area contributed by atoms with E-state index in [-0.39, 0.29) is 5.75 Å². The van der Waals surface area contributed by atoms with Gasteiger partial charge in [-0.1, -0.05) is 13.0 Å². The van der Waals surface area contributed by atoms with Crippen molar-refractivity contribution >= 4 is 22.6 Å². The molecule has 2 heterocycles. The molecule has 21 heavy (non-hydrogen) atoms. The van der Waals surface area contributed by atoms with Gasteiger partial charge in [0.2, 0.25) is 0 Å². The molecule has 1 aliphatic heterocycles. The number of fused-ring (bicyclic) bond motifs is 1. The maximum Gasteiger partial charge on any atom is 0.311 e. The lowest BCUT2D eigenvalue weighted by Crippen LogP contribution is -2.34. The average Bonchev–Trinajstić information content (AvgIpc) is 2.92. The van der Waals surface area contributed by atoms with E-state index in [0.29, 0.717) is 25.9 Å². The van der Waals surface area contributed by atoms with E-state index in [9.17, 15) is 15.0 Å². The molecule has 1 aromatic heterocycles. The third kappa shape index (κ3) is 2.18. The molecule has 1 atom stereocenters. The van der Waals surface area contributed by atoms with Gasteiger partial charge in [0, 0.05) is 24.7 Å². The standard InChI is InChI=1S/C16H18N2O3/c1-2-16(15(20)21)6-8-18(10-16)14-13-9-12(19)4-3-11(13)5-7-17-14/h3-5,7,9,19H,2,6,8,10H2,1H3,(H,20,21). The van der Waals surface area contributed by atoms with E-state index < -0.39 is 11.4 Å². The first-order valence-electron chi connectivity index (χ1n) is 7.12. The molecule has 0 saturated carbocycles. The van der Waals surface area contributed by atoms with Gasteiger partial charge in [0.15, 0.2) is 0 Å². The molecule has 1 aromatic carbocycles. The molecule has 0 bridgehead atoms. The van der Waals surface area contributed by atoms with Gasteiger partial charge in [-0.15, -0.1) is 0 Å². The van der Waals surface area contributed by atoms with Crippen molar-refractivity contribution in [3.8, 4) is 5.75 Å². The molecular weight excluding hydrogens is 268 g/mol. The van der Waals surface area contributed by atoms with E-state index >= 15 is 0 Å². The fourth-order valence-corrected chi connectivity index (χ4v) is 3.06. The molecule has 0 amide bonds. The fraction of sp³-hybridized carbons (Fsp3) is 0.375. The van der Waals surface area contributed by atoms with Gasteiger partial charge >= 0.3 is 5.97 Å². The maximum atomic E-state index is 11.6. The summed E-state index contributed by atoms with van der Waals surface area (Å²) in [4.78, 5) is 18.0. The van der Waals surface area contributed by atoms with Crippen LogP contribution in [0.4, 0.5) is 5.82 Å². The minimum Gasteiger partial charge on any atom is -0.508 e. The van der Waals surface area contributed by atoms with Crippen LogP contribution in [-0.4, -0.2) is 34.3 Å². The molecule has 1 aliphatic rings. The predicted octanol–water partition coefficient (Wildman–Crippen LogP) is 2.63. The largest absolute Gasteiger partial charge is 0.508 e. The summed E-state index contributed by atoms with van der Waals surface area (Å²) in [6, 6.07) is 7.06. The molecule has 1 fully saturated rings. The number of carboxylic acid groups (broad SMARTS) is 1. The monoisotopic (exact) mass is 286 g/mol. The highest BCUT2D eigenvalue weighted by molar-refractivity contribution is 5.93. The number of carboxylic acids is 1. The summed E-state index contributed by atoms with van der Waals surface area (Å²) in [5.41, 5.74) is -0.694. The van der Waals surface area contributed by atoms with E-state index in [2.05, 4.69) is 4.98 Å². The number of rotatable bonds is 3. The SMILES string of the molecule is CCC1(C(=O)O)CCN(c2nccc3ccc(O)cc23)C1. The third-order valence-corrected chi connectivity index (χ3v) is 4.51. The molecule has 0 aliphatic carbocycles. The lowest BCUT2D eigenvalue weighted by Gasteiger charge is -2.24. The Kier molecular flexibility index (Phi) is 3.20. The van der Waals surface area contributed by atoms with Crippen molar-refractivity contribution < 1.29 is 15.0 Å². The molecule has 0 radical (unpaired) electrons. The van der Waals surface area contributed by atoms with Crippen molar-refractivity contribution in [2.24, 2.45) is 5.41 Å². The molecule has 0 spiro atoms. The van der Waals surface area contributed by atoms with Crippen LogP contribution in [0.3, 0.4) is 0 Å². The number of carbonyl (C=O) groups is 1. The molecule has 5 nitrogen and oxygen atoms in total. The van der Waals surface area contributed by atoms with Gasteiger partial charge in [-0.3, -0.25) is 4.79 Å². The zero-order chi connectivity index (χ0) is 15.0. The summed E-state index contributed by atoms with van der Waals surface area (Å²) in [6.45, 7) is 3.04. The van der Waals surface area contributed by atoms with Gasteiger partial charge in [0.25, 0.3) is 0 Å². The minimum atomic E-state index is -0.740. The number of nitrogens with zero attached hydrogens (tertiary/aromatic N) is 2. The van der Waals surface area contributed by atoms with Crippen LogP contribution in [0.2, 0.25) is 0 Å². The van der Waals surface area contributed by atoms with E-state index in [1.54, 1.807) is 18.3 Å². The first-order valence-corrected chi connectivity index (χ1v) is 7.12. The number of benzene rings is 1. The lowest BCUT2D eigenvalue weighted by molar-refractivity contribution is -0.147. The molecule has 5 heteroatoms. The summed E-state index contributed by atoms with van der Waals surface area (Å²) in [6.07, 6.45) is 2.95. The van der Waals surface area contributed by atoms with Crippen molar-refractivity contribution in [3.63, 3.8) is 0 Å². The van der Waals surface area contributed by atoms with Gasteiger partial charge in [0.1, 0.15) is 11.6 Å². The van der Waals surface area contributed by atoms with Crippen LogP contribution < -0.4 is 4.90 Å². The second kappa shape index (κ2) is 4.91. The van der Waals surface area contributed by atoms with Crippen LogP contribution in [0, 0.1) is 5.41 Å². The van der Waals surface area contributed by atoms with Crippen LogP contribution in [0.25, 0.3) is 10.8 Å². The number of hydrogen-bond donors (Lipinski definition) is 2. The molecule has 3 rings (SSSR count). The average molecular weight is 286 g/mol. The van der Waals surface area contributed by atoms with E-state index in [4.69, 9.17) is 0 Å². The van der Waals surface area contributed by atoms with Gasteiger partial charge in [-0.05, 0) is 36.4 Å². The predicted molar refractivity (Wildman–Crippen MR) is 80.6 cm³/mol. The second-order valence-corrected chi connectivity index (χ2v) is 5.65.